The van der Waals surface area contributed by atoms with E-state index in [9.17, 15) is 17.2 Å². The van der Waals surface area contributed by atoms with Gasteiger partial charge in [0, 0.05) is 16.1 Å². The number of rotatable bonds is 3. The number of hydrogen-bond acceptors (Lipinski definition) is 2. The summed E-state index contributed by atoms with van der Waals surface area (Å²) in [6.07, 6.45) is 5.22. The Bertz CT molecular complexity index is 821. The van der Waals surface area contributed by atoms with E-state index in [0.29, 0.717) is 11.6 Å². The van der Waals surface area contributed by atoms with Crippen LogP contribution in [0.3, 0.4) is 0 Å². The van der Waals surface area contributed by atoms with Crippen LogP contribution in [0.4, 0.5) is 14.5 Å². The molecule has 0 atom stereocenters. The van der Waals surface area contributed by atoms with Crippen LogP contribution in [0.1, 0.15) is 5.56 Å². The minimum Gasteiger partial charge on any atom is -0.279 e. The van der Waals surface area contributed by atoms with E-state index < -0.39 is 26.6 Å². The minimum atomic E-state index is -4.22. The smallest absolute Gasteiger partial charge is 0.265 e. The lowest BCUT2D eigenvalue weighted by atomic mass is 10.2. The molecule has 2 aromatic rings. The van der Waals surface area contributed by atoms with Gasteiger partial charge in [-0.25, -0.2) is 17.2 Å². The number of halogens is 3. The second-order valence-electron chi connectivity index (χ2n) is 4.03. The molecule has 0 radical (unpaired) electrons. The fourth-order valence-electron chi connectivity index (χ4n) is 1.66. The van der Waals surface area contributed by atoms with E-state index in [-0.39, 0.29) is 10.2 Å². The van der Waals surface area contributed by atoms with Crippen molar-refractivity contribution in [2.75, 3.05) is 4.72 Å². The van der Waals surface area contributed by atoms with Crippen molar-refractivity contribution in [1.29, 1.82) is 0 Å². The molecule has 0 heterocycles. The quantitative estimate of drug-likeness (QED) is 0.839. The summed E-state index contributed by atoms with van der Waals surface area (Å²) in [4.78, 5) is -0.671. The average Bonchev–Trinajstić information content (AvgIpc) is 2.36. The molecular weight excluding hydrogens is 364 g/mol. The Morgan fingerprint density at radius 3 is 2.52 bits per heavy atom. The first-order valence-corrected chi connectivity index (χ1v) is 7.85. The van der Waals surface area contributed by atoms with Crippen LogP contribution in [0.5, 0.6) is 0 Å². The van der Waals surface area contributed by atoms with Crippen LogP contribution in [0.15, 0.2) is 45.8 Å². The lowest BCUT2D eigenvalue weighted by molar-refractivity contribution is 0.548. The predicted octanol–water partition coefficient (Wildman–Crippen LogP) is 3.51. The third-order valence-corrected chi connectivity index (χ3v) is 4.86. The molecule has 21 heavy (non-hydrogen) atoms. The Morgan fingerprint density at radius 2 is 1.90 bits per heavy atom. The van der Waals surface area contributed by atoms with Crippen molar-refractivity contribution in [1.82, 2.24) is 0 Å². The highest BCUT2D eigenvalue weighted by atomic mass is 79.9. The molecule has 0 saturated heterocycles. The molecule has 0 amide bonds. The zero-order valence-electron chi connectivity index (χ0n) is 10.4. The van der Waals surface area contributed by atoms with Crippen LogP contribution < -0.4 is 4.72 Å². The second-order valence-corrected chi connectivity index (χ2v) is 6.50. The second kappa shape index (κ2) is 5.84. The molecule has 108 valence electrons. The number of benzene rings is 2. The van der Waals surface area contributed by atoms with Crippen LogP contribution in [0.2, 0.25) is 0 Å². The standard InChI is InChI=1S/C14H8BrF2NO2S/c1-2-9-4-3-5-11(6-9)18-21(19,20)14-12(15)7-10(16)8-13(14)17/h1,3-8,18H. The van der Waals surface area contributed by atoms with E-state index in [1.807, 2.05) is 0 Å². The van der Waals surface area contributed by atoms with Crippen molar-refractivity contribution in [3.05, 3.63) is 58.1 Å². The van der Waals surface area contributed by atoms with E-state index in [2.05, 4.69) is 26.6 Å². The number of terminal acetylenes is 1. The third-order valence-electron chi connectivity index (χ3n) is 2.51. The molecule has 1 N–H and O–H groups in total. The maximum atomic E-state index is 13.7. The Morgan fingerprint density at radius 1 is 1.19 bits per heavy atom. The lowest BCUT2D eigenvalue weighted by Crippen LogP contribution is -2.15. The SMILES string of the molecule is C#Cc1cccc(NS(=O)(=O)c2c(F)cc(F)cc2Br)c1. The summed E-state index contributed by atoms with van der Waals surface area (Å²) in [7, 11) is -4.22. The minimum absolute atomic E-state index is 0.182. The molecule has 0 fully saturated rings. The van der Waals surface area contributed by atoms with Crippen molar-refractivity contribution in [3.63, 3.8) is 0 Å². The summed E-state index contributed by atoms with van der Waals surface area (Å²) >= 11 is 2.84. The molecule has 0 spiro atoms. The Labute approximate surface area is 129 Å². The zero-order chi connectivity index (χ0) is 15.6. The third kappa shape index (κ3) is 3.40. The normalized spacial score (nSPS) is 11.0. The van der Waals surface area contributed by atoms with Gasteiger partial charge in [-0.15, -0.1) is 6.42 Å². The number of anilines is 1. The monoisotopic (exact) mass is 371 g/mol. The fourth-order valence-corrected chi connectivity index (χ4v) is 3.88. The first-order valence-electron chi connectivity index (χ1n) is 5.57. The van der Waals surface area contributed by atoms with Gasteiger partial charge in [0.05, 0.1) is 5.69 Å². The molecule has 2 aromatic carbocycles. The summed E-state index contributed by atoms with van der Waals surface area (Å²) in [5.41, 5.74) is 0.648. The van der Waals surface area contributed by atoms with Gasteiger partial charge in [0.25, 0.3) is 10.0 Å². The summed E-state index contributed by atoms with van der Waals surface area (Å²) in [6, 6.07) is 7.43. The molecule has 0 aliphatic heterocycles. The van der Waals surface area contributed by atoms with Gasteiger partial charge in [0.1, 0.15) is 16.5 Å². The van der Waals surface area contributed by atoms with Gasteiger partial charge in [-0.05, 0) is 40.2 Å². The molecule has 0 saturated carbocycles. The van der Waals surface area contributed by atoms with Gasteiger partial charge in [-0.2, -0.15) is 0 Å². The van der Waals surface area contributed by atoms with Crippen LogP contribution in [0.25, 0.3) is 0 Å². The first-order chi connectivity index (χ1) is 9.83. The maximum absolute atomic E-state index is 13.7. The van der Waals surface area contributed by atoms with Crippen molar-refractivity contribution >= 4 is 31.6 Å². The van der Waals surface area contributed by atoms with E-state index in [0.717, 1.165) is 6.07 Å². The van der Waals surface area contributed by atoms with Gasteiger partial charge < -0.3 is 0 Å². The number of nitrogens with one attached hydrogen (secondary N) is 1. The highest BCUT2D eigenvalue weighted by molar-refractivity contribution is 9.10. The van der Waals surface area contributed by atoms with Crippen molar-refractivity contribution in [3.8, 4) is 12.3 Å². The average molecular weight is 372 g/mol. The number of sulfonamides is 1. The number of hydrogen-bond donors (Lipinski definition) is 1. The fraction of sp³-hybridized carbons (Fsp3) is 0. The van der Waals surface area contributed by atoms with Crippen LogP contribution in [0, 0.1) is 24.0 Å². The Balaban J connectivity index is 2.46. The summed E-state index contributed by atoms with van der Waals surface area (Å²) < 4.78 is 53.1. The highest BCUT2D eigenvalue weighted by Crippen LogP contribution is 2.28. The highest BCUT2D eigenvalue weighted by Gasteiger charge is 2.23. The van der Waals surface area contributed by atoms with Gasteiger partial charge in [-0.3, -0.25) is 4.72 Å². The summed E-state index contributed by atoms with van der Waals surface area (Å²) in [6.45, 7) is 0. The van der Waals surface area contributed by atoms with E-state index in [1.165, 1.54) is 12.1 Å². The van der Waals surface area contributed by atoms with Gasteiger partial charge in [-0.1, -0.05) is 12.0 Å². The van der Waals surface area contributed by atoms with Gasteiger partial charge in [0.2, 0.25) is 0 Å². The summed E-state index contributed by atoms with van der Waals surface area (Å²) in [5.74, 6) is 0.281. The van der Waals surface area contributed by atoms with Gasteiger partial charge >= 0.3 is 0 Å². The largest absolute Gasteiger partial charge is 0.279 e. The Hall–Kier alpha value is -1.91. The zero-order valence-corrected chi connectivity index (χ0v) is 12.8. The van der Waals surface area contributed by atoms with Crippen LogP contribution >= 0.6 is 15.9 Å². The molecule has 0 aromatic heterocycles. The molecule has 0 aliphatic rings. The predicted molar refractivity (Wildman–Crippen MR) is 79.2 cm³/mol. The van der Waals surface area contributed by atoms with Crippen LogP contribution in [-0.2, 0) is 10.0 Å². The molecule has 0 bridgehead atoms. The molecule has 3 nitrogen and oxygen atoms in total. The topological polar surface area (TPSA) is 46.2 Å². The van der Waals surface area contributed by atoms with Crippen molar-refractivity contribution in [2.24, 2.45) is 0 Å². The molecule has 0 unspecified atom stereocenters. The molecule has 7 heteroatoms. The maximum Gasteiger partial charge on any atom is 0.265 e. The van der Waals surface area contributed by atoms with E-state index >= 15 is 0 Å². The molecular formula is C14H8BrF2NO2S. The van der Waals surface area contributed by atoms with Gasteiger partial charge in [0.15, 0.2) is 0 Å². The van der Waals surface area contributed by atoms with Crippen molar-refractivity contribution < 1.29 is 17.2 Å². The first kappa shape index (κ1) is 15.5. The molecule has 0 aliphatic carbocycles. The van der Waals surface area contributed by atoms with E-state index in [4.69, 9.17) is 6.42 Å². The van der Waals surface area contributed by atoms with Crippen molar-refractivity contribution in [2.45, 2.75) is 4.90 Å². The molecule has 2 rings (SSSR count). The lowest BCUT2D eigenvalue weighted by Gasteiger charge is -2.11. The van der Waals surface area contributed by atoms with Crippen LogP contribution in [-0.4, -0.2) is 8.42 Å². The van der Waals surface area contributed by atoms with E-state index in [1.54, 1.807) is 12.1 Å². The Kier molecular flexibility index (Phi) is 4.30. The summed E-state index contributed by atoms with van der Waals surface area (Å²) in [5, 5.41) is 0.